The second-order valence-corrected chi connectivity index (χ2v) is 6.41. The second kappa shape index (κ2) is 9.28. The second-order valence-electron chi connectivity index (χ2n) is 6.01. The van der Waals surface area contributed by atoms with E-state index in [1.165, 1.54) is 14.0 Å². The van der Waals surface area contributed by atoms with Gasteiger partial charge in [0.25, 0.3) is 5.91 Å². The molecule has 1 atom stereocenters. The van der Waals surface area contributed by atoms with Gasteiger partial charge in [-0.3, -0.25) is 4.79 Å². The first-order valence-corrected chi connectivity index (χ1v) is 8.72. The Kier molecular flexibility index (Phi) is 7.07. The van der Waals surface area contributed by atoms with Gasteiger partial charge < -0.3 is 19.5 Å². The van der Waals surface area contributed by atoms with Gasteiger partial charge in [0.2, 0.25) is 0 Å². The first kappa shape index (κ1) is 20.6. The van der Waals surface area contributed by atoms with Crippen LogP contribution in [0.15, 0.2) is 36.4 Å². The van der Waals surface area contributed by atoms with Crippen LogP contribution in [0, 0.1) is 13.8 Å². The van der Waals surface area contributed by atoms with Gasteiger partial charge in [0.15, 0.2) is 12.7 Å². The Morgan fingerprint density at radius 3 is 2.48 bits per heavy atom. The number of carbonyl (C=O) groups is 2. The van der Waals surface area contributed by atoms with Gasteiger partial charge in [0.05, 0.1) is 12.1 Å². The molecule has 2 aromatic carbocycles. The molecule has 0 aromatic heterocycles. The molecule has 0 saturated heterocycles. The predicted molar refractivity (Wildman–Crippen MR) is 104 cm³/mol. The minimum atomic E-state index is -0.985. The van der Waals surface area contributed by atoms with Crippen LogP contribution < -0.4 is 14.8 Å². The highest BCUT2D eigenvalue weighted by Gasteiger charge is 2.19. The van der Waals surface area contributed by atoms with Crippen LogP contribution in [-0.4, -0.2) is 31.7 Å². The summed E-state index contributed by atoms with van der Waals surface area (Å²) < 4.78 is 15.6. The smallest absolute Gasteiger partial charge is 0.344 e. The molecule has 0 fully saturated rings. The molecule has 2 aromatic rings. The summed E-state index contributed by atoms with van der Waals surface area (Å²) in [5.74, 6) is -0.0444. The minimum absolute atomic E-state index is 0.283. The van der Waals surface area contributed by atoms with Crippen molar-refractivity contribution < 1.29 is 23.8 Å². The number of rotatable bonds is 7. The molecule has 2 rings (SSSR count). The van der Waals surface area contributed by atoms with Crippen molar-refractivity contribution in [2.24, 2.45) is 0 Å². The van der Waals surface area contributed by atoms with Gasteiger partial charge in [0.1, 0.15) is 11.5 Å². The highest BCUT2D eigenvalue weighted by atomic mass is 35.5. The molecule has 0 aliphatic carbocycles. The van der Waals surface area contributed by atoms with E-state index < -0.39 is 18.0 Å². The number of hydrogen-bond acceptors (Lipinski definition) is 5. The summed E-state index contributed by atoms with van der Waals surface area (Å²) in [5.41, 5.74) is 2.67. The first-order valence-electron chi connectivity index (χ1n) is 8.34. The molecule has 0 saturated carbocycles. The fourth-order valence-corrected chi connectivity index (χ4v) is 2.48. The lowest BCUT2D eigenvalue weighted by Crippen LogP contribution is -2.31. The van der Waals surface area contributed by atoms with Gasteiger partial charge in [0, 0.05) is 5.69 Å². The van der Waals surface area contributed by atoms with Crippen LogP contribution in [0.25, 0.3) is 0 Å². The summed E-state index contributed by atoms with van der Waals surface area (Å²) in [6, 6.07) is 10.3. The summed E-state index contributed by atoms with van der Waals surface area (Å²) in [5, 5.41) is 2.99. The normalized spacial score (nSPS) is 11.4. The maximum Gasteiger partial charge on any atom is 0.344 e. The third kappa shape index (κ3) is 5.89. The van der Waals surface area contributed by atoms with E-state index in [1.54, 1.807) is 24.3 Å². The van der Waals surface area contributed by atoms with Gasteiger partial charge >= 0.3 is 5.97 Å². The van der Waals surface area contributed by atoms with Crippen LogP contribution in [0.5, 0.6) is 11.5 Å². The monoisotopic (exact) mass is 391 g/mol. The van der Waals surface area contributed by atoms with Crippen molar-refractivity contribution in [1.82, 2.24) is 0 Å². The zero-order chi connectivity index (χ0) is 20.0. The summed E-state index contributed by atoms with van der Waals surface area (Å²) in [4.78, 5) is 24.1. The lowest BCUT2D eigenvalue weighted by atomic mass is 10.1. The number of hydrogen-bond donors (Lipinski definition) is 1. The first-order chi connectivity index (χ1) is 12.8. The minimum Gasteiger partial charge on any atom is -0.495 e. The average molecular weight is 392 g/mol. The zero-order valence-corrected chi connectivity index (χ0v) is 16.4. The third-order valence-corrected chi connectivity index (χ3v) is 4.23. The maximum absolute atomic E-state index is 12.2. The number of amides is 1. The Hall–Kier alpha value is -2.73. The molecule has 1 N–H and O–H groups in total. The molecule has 0 spiro atoms. The Balaban J connectivity index is 1.85. The number of nitrogens with one attached hydrogen (secondary N) is 1. The van der Waals surface area contributed by atoms with E-state index in [0.717, 1.165) is 11.1 Å². The molecule has 1 unspecified atom stereocenters. The molecule has 27 heavy (non-hydrogen) atoms. The summed E-state index contributed by atoms with van der Waals surface area (Å²) in [6.07, 6.45) is -0.985. The molecular formula is C20H22ClNO5. The van der Waals surface area contributed by atoms with E-state index in [-0.39, 0.29) is 6.61 Å². The van der Waals surface area contributed by atoms with Crippen molar-refractivity contribution in [3.05, 3.63) is 52.5 Å². The van der Waals surface area contributed by atoms with Crippen LogP contribution in [0.2, 0.25) is 5.02 Å². The molecular weight excluding hydrogens is 370 g/mol. The van der Waals surface area contributed by atoms with Crippen molar-refractivity contribution >= 4 is 29.2 Å². The topological polar surface area (TPSA) is 73.9 Å². The van der Waals surface area contributed by atoms with E-state index in [2.05, 4.69) is 5.32 Å². The Morgan fingerprint density at radius 1 is 1.11 bits per heavy atom. The van der Waals surface area contributed by atoms with Crippen LogP contribution in [0.4, 0.5) is 5.69 Å². The summed E-state index contributed by atoms with van der Waals surface area (Å²) >= 11 is 6.02. The van der Waals surface area contributed by atoms with E-state index in [9.17, 15) is 9.59 Å². The summed E-state index contributed by atoms with van der Waals surface area (Å²) in [6.45, 7) is 5.14. The van der Waals surface area contributed by atoms with Crippen LogP contribution >= 0.6 is 11.6 Å². The van der Waals surface area contributed by atoms with Crippen LogP contribution in [0.1, 0.15) is 18.1 Å². The Labute approximate surface area is 163 Å². The number of aryl methyl sites for hydroxylation is 2. The van der Waals surface area contributed by atoms with Crippen LogP contribution in [-0.2, 0) is 14.3 Å². The fraction of sp³-hybridized carbons (Fsp3) is 0.300. The van der Waals surface area contributed by atoms with Crippen molar-refractivity contribution in [2.45, 2.75) is 26.9 Å². The Morgan fingerprint density at radius 2 is 1.85 bits per heavy atom. The lowest BCUT2D eigenvalue weighted by Gasteiger charge is -2.14. The van der Waals surface area contributed by atoms with Crippen molar-refractivity contribution in [3.8, 4) is 11.5 Å². The van der Waals surface area contributed by atoms with E-state index in [0.29, 0.717) is 22.2 Å². The number of methoxy groups -OCH3 is 1. The number of halogens is 1. The molecule has 1 amide bonds. The molecule has 0 aliphatic heterocycles. The Bertz CT molecular complexity index is 837. The quantitative estimate of drug-likeness (QED) is 0.724. The van der Waals surface area contributed by atoms with Crippen molar-refractivity contribution in [2.75, 3.05) is 19.0 Å². The largest absolute Gasteiger partial charge is 0.495 e. The highest BCUT2D eigenvalue weighted by molar-refractivity contribution is 6.32. The van der Waals surface area contributed by atoms with Gasteiger partial charge in [-0.15, -0.1) is 0 Å². The highest BCUT2D eigenvalue weighted by Crippen LogP contribution is 2.27. The average Bonchev–Trinajstić information content (AvgIpc) is 2.62. The lowest BCUT2D eigenvalue weighted by molar-refractivity contribution is -0.155. The predicted octanol–water partition coefficient (Wildman–Crippen LogP) is 3.91. The van der Waals surface area contributed by atoms with Gasteiger partial charge in [-0.05, 0) is 62.2 Å². The molecule has 0 bridgehead atoms. The van der Waals surface area contributed by atoms with Gasteiger partial charge in [-0.25, -0.2) is 4.79 Å². The molecule has 0 heterocycles. The van der Waals surface area contributed by atoms with Crippen molar-refractivity contribution in [3.63, 3.8) is 0 Å². The number of ether oxygens (including phenoxy) is 3. The summed E-state index contributed by atoms with van der Waals surface area (Å²) in [7, 11) is 1.50. The third-order valence-electron chi connectivity index (χ3n) is 3.93. The van der Waals surface area contributed by atoms with Gasteiger partial charge in [-0.2, -0.15) is 0 Å². The molecule has 7 heteroatoms. The van der Waals surface area contributed by atoms with Crippen LogP contribution in [0.3, 0.4) is 0 Å². The number of anilines is 1. The van der Waals surface area contributed by atoms with Crippen molar-refractivity contribution in [1.29, 1.82) is 0 Å². The molecule has 0 radical (unpaired) electrons. The molecule has 0 aliphatic rings. The SMILES string of the molecule is COc1ccc(NC(=O)C(C)OC(=O)COc2ccc(C)c(C)c2)cc1Cl. The maximum atomic E-state index is 12.2. The zero-order valence-electron chi connectivity index (χ0n) is 15.7. The van der Waals surface area contributed by atoms with Gasteiger partial charge in [-0.1, -0.05) is 17.7 Å². The number of carbonyl (C=O) groups excluding carboxylic acids is 2. The molecule has 6 nitrogen and oxygen atoms in total. The van der Waals surface area contributed by atoms with E-state index in [1.807, 2.05) is 26.0 Å². The fourth-order valence-electron chi connectivity index (χ4n) is 2.22. The standard InChI is InChI=1S/C20H22ClNO5/c1-12-5-7-16(9-13(12)2)26-11-19(23)27-14(3)20(24)22-15-6-8-18(25-4)17(21)10-15/h5-10,14H,11H2,1-4H3,(H,22,24). The number of esters is 1. The molecule has 144 valence electrons. The number of benzene rings is 2. The van der Waals surface area contributed by atoms with E-state index >= 15 is 0 Å². The van der Waals surface area contributed by atoms with E-state index in [4.69, 9.17) is 25.8 Å².